The number of rotatable bonds is 8. The molecule has 0 fully saturated rings. The number of ether oxygens (including phenoxy) is 2. The lowest BCUT2D eigenvalue weighted by atomic mass is 10.1. The summed E-state index contributed by atoms with van der Waals surface area (Å²) in [6.07, 6.45) is 3.72. The molecule has 8 heteroatoms. The molecule has 0 aliphatic heterocycles. The number of fused-ring (bicyclic) bond motifs is 1. The van der Waals surface area contributed by atoms with Crippen LogP contribution in [0.1, 0.15) is 49.6 Å². The first-order valence-corrected chi connectivity index (χ1v) is 13.5. The molecule has 0 aliphatic carbocycles. The average Bonchev–Trinajstić information content (AvgIpc) is 3.25. The minimum absolute atomic E-state index is 0.168. The van der Waals surface area contributed by atoms with Gasteiger partial charge in [0.05, 0.1) is 36.0 Å². The van der Waals surface area contributed by atoms with Crippen LogP contribution in [0.3, 0.4) is 0 Å². The standard InChI is InChI=1S/C33H30ClN3O4/c1-19-14-23(9-13-29(19)40-5)6-10-25-17-28(33(38)39)30-22(4)36-37(32(30)35-25)18-24-7-11-26(12-8-24)41-27-15-20(2)31(34)21(3)16-27/h6-17H,18H2,1-5H3,(H,38,39)/b10-6+. The number of nitrogens with zero attached hydrogens (tertiary/aromatic N) is 3. The van der Waals surface area contributed by atoms with E-state index in [-0.39, 0.29) is 5.56 Å². The molecule has 208 valence electrons. The minimum atomic E-state index is -1.02. The lowest BCUT2D eigenvalue weighted by Crippen LogP contribution is -2.05. The van der Waals surface area contributed by atoms with Gasteiger partial charge in [-0.1, -0.05) is 35.9 Å². The van der Waals surface area contributed by atoms with Crippen LogP contribution in [0.25, 0.3) is 23.2 Å². The third-order valence-corrected chi connectivity index (χ3v) is 7.49. The van der Waals surface area contributed by atoms with Gasteiger partial charge in [0, 0.05) is 5.02 Å². The van der Waals surface area contributed by atoms with Crippen molar-refractivity contribution < 1.29 is 19.4 Å². The Bertz CT molecular complexity index is 1780. The topological polar surface area (TPSA) is 86.5 Å². The number of hydrogen-bond acceptors (Lipinski definition) is 5. The first kappa shape index (κ1) is 27.9. The Morgan fingerprint density at radius 2 is 1.63 bits per heavy atom. The molecule has 0 spiro atoms. The summed E-state index contributed by atoms with van der Waals surface area (Å²) in [4.78, 5) is 17.0. The summed E-state index contributed by atoms with van der Waals surface area (Å²) in [5.41, 5.74) is 6.68. The second-order valence-electron chi connectivity index (χ2n) is 10.0. The quantitative estimate of drug-likeness (QED) is 0.204. The van der Waals surface area contributed by atoms with Crippen LogP contribution in [0.2, 0.25) is 5.02 Å². The number of carbonyl (C=O) groups is 1. The van der Waals surface area contributed by atoms with Gasteiger partial charge in [-0.15, -0.1) is 0 Å². The number of carboxylic acids is 1. The number of halogens is 1. The molecule has 2 heterocycles. The SMILES string of the molecule is COc1ccc(/C=C/c2cc(C(=O)O)c3c(C)nn(Cc4ccc(Oc5cc(C)c(Cl)c(C)c5)cc4)c3n2)cc1C. The van der Waals surface area contributed by atoms with E-state index in [4.69, 9.17) is 26.1 Å². The predicted octanol–water partition coefficient (Wildman–Crippen LogP) is 8.04. The van der Waals surface area contributed by atoms with Crippen LogP contribution >= 0.6 is 11.6 Å². The molecule has 2 aromatic heterocycles. The highest BCUT2D eigenvalue weighted by molar-refractivity contribution is 6.32. The van der Waals surface area contributed by atoms with Crippen LogP contribution in [-0.2, 0) is 6.54 Å². The highest BCUT2D eigenvalue weighted by Gasteiger charge is 2.19. The van der Waals surface area contributed by atoms with E-state index >= 15 is 0 Å². The molecule has 1 N–H and O–H groups in total. The Morgan fingerprint density at radius 1 is 0.927 bits per heavy atom. The van der Waals surface area contributed by atoms with Crippen molar-refractivity contribution in [2.24, 2.45) is 0 Å². The van der Waals surface area contributed by atoms with Crippen molar-refractivity contribution in [3.05, 3.63) is 110 Å². The van der Waals surface area contributed by atoms with E-state index < -0.39 is 5.97 Å². The van der Waals surface area contributed by atoms with Crippen LogP contribution in [0.15, 0.2) is 60.7 Å². The molecule has 0 radical (unpaired) electrons. The molecule has 7 nitrogen and oxygen atoms in total. The van der Waals surface area contributed by atoms with E-state index in [1.807, 2.05) is 87.5 Å². The zero-order chi connectivity index (χ0) is 29.3. The Kier molecular flexibility index (Phi) is 7.81. The van der Waals surface area contributed by atoms with Crippen molar-refractivity contribution >= 4 is 40.8 Å². The molecule has 0 saturated carbocycles. The number of aromatic carboxylic acids is 1. The number of aryl methyl sites for hydroxylation is 4. The van der Waals surface area contributed by atoms with Crippen LogP contribution in [0, 0.1) is 27.7 Å². The van der Waals surface area contributed by atoms with Gasteiger partial charge < -0.3 is 14.6 Å². The highest BCUT2D eigenvalue weighted by atomic mass is 35.5. The molecule has 5 rings (SSSR count). The van der Waals surface area contributed by atoms with E-state index in [9.17, 15) is 9.90 Å². The fourth-order valence-corrected chi connectivity index (χ4v) is 4.97. The van der Waals surface area contributed by atoms with E-state index in [1.54, 1.807) is 24.8 Å². The summed E-state index contributed by atoms with van der Waals surface area (Å²) in [5, 5.41) is 15.9. The molecule has 5 aromatic rings. The maximum atomic E-state index is 12.2. The summed E-state index contributed by atoms with van der Waals surface area (Å²) >= 11 is 6.28. The Labute approximate surface area is 243 Å². The van der Waals surface area contributed by atoms with Crippen molar-refractivity contribution in [1.29, 1.82) is 0 Å². The van der Waals surface area contributed by atoms with Gasteiger partial charge in [-0.2, -0.15) is 5.10 Å². The molecule has 0 bridgehead atoms. The second-order valence-corrected chi connectivity index (χ2v) is 10.4. The van der Waals surface area contributed by atoms with Gasteiger partial charge in [0.1, 0.15) is 17.2 Å². The summed E-state index contributed by atoms with van der Waals surface area (Å²) in [6.45, 7) is 8.10. The number of carboxylic acid groups (broad SMARTS) is 1. The molecule has 0 amide bonds. The fourth-order valence-electron chi connectivity index (χ4n) is 4.86. The van der Waals surface area contributed by atoms with Crippen molar-refractivity contribution in [2.45, 2.75) is 34.2 Å². The van der Waals surface area contributed by atoms with Gasteiger partial charge in [0.15, 0.2) is 5.65 Å². The largest absolute Gasteiger partial charge is 0.496 e. The molecular formula is C33H30ClN3O4. The van der Waals surface area contributed by atoms with Crippen LogP contribution in [0.5, 0.6) is 17.2 Å². The van der Waals surface area contributed by atoms with Crippen molar-refractivity contribution in [1.82, 2.24) is 14.8 Å². The number of pyridine rings is 1. The van der Waals surface area contributed by atoms with Gasteiger partial charge in [0.2, 0.25) is 0 Å². The van der Waals surface area contributed by atoms with Crippen molar-refractivity contribution in [3.63, 3.8) is 0 Å². The zero-order valence-corrected chi connectivity index (χ0v) is 24.3. The Hall–Kier alpha value is -4.62. The van der Waals surface area contributed by atoms with Crippen LogP contribution in [-0.4, -0.2) is 33.0 Å². The van der Waals surface area contributed by atoms with E-state index in [2.05, 4.69) is 5.10 Å². The Balaban J connectivity index is 1.43. The average molecular weight is 568 g/mol. The predicted molar refractivity (Wildman–Crippen MR) is 162 cm³/mol. The lowest BCUT2D eigenvalue weighted by molar-refractivity contribution is 0.0699. The van der Waals surface area contributed by atoms with Gasteiger partial charge in [-0.3, -0.25) is 0 Å². The van der Waals surface area contributed by atoms with Gasteiger partial charge in [0.25, 0.3) is 0 Å². The molecule has 0 atom stereocenters. The summed E-state index contributed by atoms with van der Waals surface area (Å²) in [6, 6.07) is 19.0. The molecule has 41 heavy (non-hydrogen) atoms. The monoisotopic (exact) mass is 567 g/mol. The van der Waals surface area contributed by atoms with Crippen molar-refractivity contribution in [3.8, 4) is 17.2 Å². The maximum absolute atomic E-state index is 12.2. The summed E-state index contributed by atoms with van der Waals surface area (Å²) in [5.74, 6) is 1.21. The first-order valence-electron chi connectivity index (χ1n) is 13.1. The van der Waals surface area contributed by atoms with E-state index in [1.165, 1.54) is 0 Å². The van der Waals surface area contributed by atoms with E-state index in [0.717, 1.165) is 44.3 Å². The molecule has 0 saturated heterocycles. The van der Waals surface area contributed by atoms with Crippen LogP contribution in [0.4, 0.5) is 0 Å². The highest BCUT2D eigenvalue weighted by Crippen LogP contribution is 2.30. The third-order valence-electron chi connectivity index (χ3n) is 6.89. The van der Waals surface area contributed by atoms with Crippen molar-refractivity contribution in [2.75, 3.05) is 7.11 Å². The maximum Gasteiger partial charge on any atom is 0.336 e. The van der Waals surface area contributed by atoms with Gasteiger partial charge in [-0.25, -0.2) is 14.5 Å². The van der Waals surface area contributed by atoms with E-state index in [0.29, 0.717) is 34.7 Å². The van der Waals surface area contributed by atoms with Gasteiger partial charge in [-0.05, 0) is 104 Å². The molecule has 3 aromatic carbocycles. The molecular weight excluding hydrogens is 538 g/mol. The first-order chi connectivity index (χ1) is 19.6. The van der Waals surface area contributed by atoms with Gasteiger partial charge >= 0.3 is 5.97 Å². The normalized spacial score (nSPS) is 11.4. The smallest absolute Gasteiger partial charge is 0.336 e. The number of methoxy groups -OCH3 is 1. The zero-order valence-electron chi connectivity index (χ0n) is 23.5. The van der Waals surface area contributed by atoms with Crippen LogP contribution < -0.4 is 9.47 Å². The minimum Gasteiger partial charge on any atom is -0.496 e. The number of hydrogen-bond donors (Lipinski definition) is 1. The fraction of sp³-hybridized carbons (Fsp3) is 0.182. The Morgan fingerprint density at radius 3 is 2.27 bits per heavy atom. The number of benzene rings is 3. The second kappa shape index (κ2) is 11.5. The number of aromatic nitrogens is 3. The lowest BCUT2D eigenvalue weighted by Gasteiger charge is -2.10. The third kappa shape index (κ3) is 5.95. The summed E-state index contributed by atoms with van der Waals surface area (Å²) < 4.78 is 13.1. The molecule has 0 aliphatic rings. The molecule has 0 unspecified atom stereocenters. The summed E-state index contributed by atoms with van der Waals surface area (Å²) in [7, 11) is 1.64.